The summed E-state index contributed by atoms with van der Waals surface area (Å²) in [5, 5.41) is 2.95. The molecule has 1 rings (SSSR count). The van der Waals surface area contributed by atoms with Gasteiger partial charge >= 0.3 is 0 Å². The minimum Gasteiger partial charge on any atom is -0.497 e. The van der Waals surface area contributed by atoms with Crippen molar-refractivity contribution >= 4 is 0 Å². The number of halogens is 1. The van der Waals surface area contributed by atoms with Gasteiger partial charge < -0.3 is 14.8 Å². The number of hydrogen-bond donors (Lipinski definition) is 1. The van der Waals surface area contributed by atoms with Crippen molar-refractivity contribution in [2.24, 2.45) is 0 Å². The van der Waals surface area contributed by atoms with Crippen LogP contribution in [0, 0.1) is 5.82 Å². The molecule has 0 aliphatic heterocycles. The van der Waals surface area contributed by atoms with E-state index in [0.717, 1.165) is 6.54 Å². The zero-order valence-corrected chi connectivity index (χ0v) is 9.05. The van der Waals surface area contributed by atoms with Gasteiger partial charge in [-0.3, -0.25) is 0 Å². The Morgan fingerprint density at radius 3 is 2.80 bits per heavy atom. The maximum absolute atomic E-state index is 13.4. The van der Waals surface area contributed by atoms with Crippen LogP contribution in [0.5, 0.6) is 5.75 Å². The van der Waals surface area contributed by atoms with E-state index >= 15 is 0 Å². The Hall–Kier alpha value is -1.13. The van der Waals surface area contributed by atoms with E-state index in [9.17, 15) is 4.39 Å². The fraction of sp³-hybridized carbons (Fsp3) is 0.455. The molecular weight excluding hydrogens is 197 g/mol. The second-order valence-electron chi connectivity index (χ2n) is 3.11. The molecule has 0 aliphatic carbocycles. The van der Waals surface area contributed by atoms with Crippen molar-refractivity contribution in [1.82, 2.24) is 5.32 Å². The van der Waals surface area contributed by atoms with Gasteiger partial charge in [0, 0.05) is 18.2 Å². The van der Waals surface area contributed by atoms with Crippen LogP contribution in [0.3, 0.4) is 0 Å². The van der Waals surface area contributed by atoms with Crippen molar-refractivity contribution in [3.63, 3.8) is 0 Å². The first kappa shape index (κ1) is 11.9. The summed E-state index contributed by atoms with van der Waals surface area (Å²) >= 11 is 0. The SMILES string of the molecule is CNCCOCc1ccc(OC)cc1F. The van der Waals surface area contributed by atoms with Crippen LogP contribution in [0.15, 0.2) is 18.2 Å². The molecule has 84 valence electrons. The van der Waals surface area contributed by atoms with Gasteiger partial charge in [-0.05, 0) is 13.1 Å². The lowest BCUT2D eigenvalue weighted by Gasteiger charge is -2.06. The fourth-order valence-electron chi connectivity index (χ4n) is 1.13. The van der Waals surface area contributed by atoms with Crippen LogP contribution in [0.2, 0.25) is 0 Å². The number of ether oxygens (including phenoxy) is 2. The summed E-state index contributed by atoms with van der Waals surface area (Å²) in [5.74, 6) is 0.227. The van der Waals surface area contributed by atoms with Crippen molar-refractivity contribution in [1.29, 1.82) is 0 Å². The van der Waals surface area contributed by atoms with E-state index in [0.29, 0.717) is 17.9 Å². The van der Waals surface area contributed by atoms with Gasteiger partial charge in [-0.15, -0.1) is 0 Å². The van der Waals surface area contributed by atoms with Gasteiger partial charge in [-0.25, -0.2) is 4.39 Å². The number of benzene rings is 1. The van der Waals surface area contributed by atoms with E-state index in [2.05, 4.69) is 5.32 Å². The summed E-state index contributed by atoms with van der Waals surface area (Å²) in [6.07, 6.45) is 0. The first-order valence-electron chi connectivity index (χ1n) is 4.82. The molecule has 3 nitrogen and oxygen atoms in total. The van der Waals surface area contributed by atoms with Crippen LogP contribution >= 0.6 is 0 Å². The van der Waals surface area contributed by atoms with Gasteiger partial charge in [0.1, 0.15) is 11.6 Å². The number of likely N-dealkylation sites (N-methyl/N-ethyl adjacent to an activating group) is 1. The van der Waals surface area contributed by atoms with Gasteiger partial charge in [0.25, 0.3) is 0 Å². The highest BCUT2D eigenvalue weighted by molar-refractivity contribution is 5.28. The second-order valence-corrected chi connectivity index (χ2v) is 3.11. The fourth-order valence-corrected chi connectivity index (χ4v) is 1.13. The molecule has 1 N–H and O–H groups in total. The van der Waals surface area contributed by atoms with Crippen molar-refractivity contribution in [3.8, 4) is 5.75 Å². The predicted molar refractivity (Wildman–Crippen MR) is 56.5 cm³/mol. The Morgan fingerprint density at radius 2 is 2.20 bits per heavy atom. The van der Waals surface area contributed by atoms with Crippen LogP contribution < -0.4 is 10.1 Å². The molecule has 0 atom stereocenters. The maximum Gasteiger partial charge on any atom is 0.132 e. The molecule has 4 heteroatoms. The zero-order chi connectivity index (χ0) is 11.1. The first-order valence-corrected chi connectivity index (χ1v) is 4.82. The van der Waals surface area contributed by atoms with E-state index in [-0.39, 0.29) is 12.4 Å². The summed E-state index contributed by atoms with van der Waals surface area (Å²) in [6, 6.07) is 4.75. The van der Waals surface area contributed by atoms with Crippen molar-refractivity contribution in [3.05, 3.63) is 29.6 Å². The largest absolute Gasteiger partial charge is 0.497 e. The molecule has 1 aromatic rings. The highest BCUT2D eigenvalue weighted by atomic mass is 19.1. The summed E-state index contributed by atoms with van der Waals surface area (Å²) < 4.78 is 23.5. The minimum atomic E-state index is -0.293. The van der Waals surface area contributed by atoms with Gasteiger partial charge in [0.2, 0.25) is 0 Å². The third kappa shape index (κ3) is 3.85. The third-order valence-electron chi connectivity index (χ3n) is 2.01. The number of methoxy groups -OCH3 is 1. The molecule has 0 radical (unpaired) electrons. The molecular formula is C11H16FNO2. The van der Waals surface area contributed by atoms with Gasteiger partial charge in [-0.2, -0.15) is 0 Å². The van der Waals surface area contributed by atoms with E-state index < -0.39 is 0 Å². The summed E-state index contributed by atoms with van der Waals surface area (Å²) in [6.45, 7) is 1.62. The van der Waals surface area contributed by atoms with Crippen molar-refractivity contribution < 1.29 is 13.9 Å². The third-order valence-corrected chi connectivity index (χ3v) is 2.01. The maximum atomic E-state index is 13.4. The number of hydrogen-bond acceptors (Lipinski definition) is 3. The molecule has 0 aliphatic rings. The highest BCUT2D eigenvalue weighted by Gasteiger charge is 2.03. The molecule has 0 saturated carbocycles. The average molecular weight is 213 g/mol. The number of rotatable bonds is 6. The Morgan fingerprint density at radius 1 is 1.40 bits per heavy atom. The van der Waals surface area contributed by atoms with E-state index in [1.165, 1.54) is 13.2 Å². The Labute approximate surface area is 89.2 Å². The summed E-state index contributed by atoms with van der Waals surface area (Å²) in [4.78, 5) is 0. The molecule has 15 heavy (non-hydrogen) atoms. The smallest absolute Gasteiger partial charge is 0.132 e. The minimum absolute atomic E-state index is 0.289. The van der Waals surface area contributed by atoms with Crippen LogP contribution in [-0.4, -0.2) is 27.3 Å². The van der Waals surface area contributed by atoms with Gasteiger partial charge in [-0.1, -0.05) is 6.07 Å². The first-order chi connectivity index (χ1) is 7.27. The van der Waals surface area contributed by atoms with E-state index in [4.69, 9.17) is 9.47 Å². The van der Waals surface area contributed by atoms with E-state index in [1.807, 2.05) is 7.05 Å². The second kappa shape index (κ2) is 6.37. The predicted octanol–water partition coefficient (Wildman–Crippen LogP) is 1.57. The quantitative estimate of drug-likeness (QED) is 0.728. The Bertz CT molecular complexity index is 305. The monoisotopic (exact) mass is 213 g/mol. The molecule has 0 fully saturated rings. The van der Waals surface area contributed by atoms with Crippen molar-refractivity contribution in [2.75, 3.05) is 27.3 Å². The lowest BCUT2D eigenvalue weighted by atomic mass is 10.2. The zero-order valence-electron chi connectivity index (χ0n) is 9.05. The Balaban J connectivity index is 2.47. The van der Waals surface area contributed by atoms with Gasteiger partial charge in [0.05, 0.1) is 20.3 Å². The summed E-state index contributed by atoms with van der Waals surface area (Å²) in [7, 11) is 3.36. The lowest BCUT2D eigenvalue weighted by Crippen LogP contribution is -2.14. The normalized spacial score (nSPS) is 10.3. The topological polar surface area (TPSA) is 30.5 Å². The van der Waals surface area contributed by atoms with E-state index in [1.54, 1.807) is 12.1 Å². The highest BCUT2D eigenvalue weighted by Crippen LogP contribution is 2.16. The Kier molecular flexibility index (Phi) is 5.07. The van der Waals surface area contributed by atoms with Crippen molar-refractivity contribution in [2.45, 2.75) is 6.61 Å². The standard InChI is InChI=1S/C11H16FNO2/c1-13-5-6-15-8-9-3-4-10(14-2)7-11(9)12/h3-4,7,13H,5-6,8H2,1-2H3. The molecule has 0 bridgehead atoms. The van der Waals surface area contributed by atoms with Crippen LogP contribution in [0.25, 0.3) is 0 Å². The molecule has 0 amide bonds. The van der Waals surface area contributed by atoms with Crippen LogP contribution in [0.1, 0.15) is 5.56 Å². The molecule has 0 aromatic heterocycles. The molecule has 0 heterocycles. The van der Waals surface area contributed by atoms with Gasteiger partial charge in [0.15, 0.2) is 0 Å². The molecule has 0 spiro atoms. The summed E-state index contributed by atoms with van der Waals surface area (Å²) in [5.41, 5.74) is 0.548. The average Bonchev–Trinajstić information content (AvgIpc) is 2.26. The molecule has 0 saturated heterocycles. The van der Waals surface area contributed by atoms with Crippen LogP contribution in [-0.2, 0) is 11.3 Å². The number of nitrogens with one attached hydrogen (secondary N) is 1. The molecule has 1 aromatic carbocycles. The molecule has 0 unspecified atom stereocenters. The lowest BCUT2D eigenvalue weighted by molar-refractivity contribution is 0.121. The van der Waals surface area contributed by atoms with Crippen LogP contribution in [0.4, 0.5) is 4.39 Å².